The summed E-state index contributed by atoms with van der Waals surface area (Å²) in [5.41, 5.74) is 5.15. The number of piperidine rings is 1. The van der Waals surface area contributed by atoms with Crippen LogP contribution < -0.4 is 5.32 Å². The van der Waals surface area contributed by atoms with E-state index >= 15 is 0 Å². The number of para-hydroxylation sites is 2. The summed E-state index contributed by atoms with van der Waals surface area (Å²) in [5, 5.41) is 3.30. The van der Waals surface area contributed by atoms with E-state index in [2.05, 4.69) is 44.3 Å². The Morgan fingerprint density at radius 3 is 2.26 bits per heavy atom. The van der Waals surface area contributed by atoms with Gasteiger partial charge in [0.05, 0.1) is 11.3 Å². The average Bonchev–Trinajstić information content (AvgIpc) is 3.61. The largest absolute Gasteiger partial charge is 0.339 e. The number of nitrogens with one attached hydrogen (secondary N) is 1. The number of carbonyl (C=O) groups is 2. The number of benzene rings is 2. The van der Waals surface area contributed by atoms with Crippen LogP contribution in [0.3, 0.4) is 0 Å². The standard InChI is InChI=1S/C32H40N4O2/c1-4-10-25-11-9-13-26(24(2)3)29(25)33-31(38)36-22-17-32(23-36)15-20-35(21-16-32)30(37)27-12-5-6-14-28(27)34-18-7-8-19-34/h5-9,11-14,18-19,24H,4,10,15-17,20-23H2,1-3H3,(H,33,38). The molecule has 2 fully saturated rings. The lowest BCUT2D eigenvalue weighted by Gasteiger charge is -2.39. The molecule has 0 saturated carbocycles. The van der Waals surface area contributed by atoms with Crippen LogP contribution in [0.4, 0.5) is 10.5 Å². The number of hydrogen-bond donors (Lipinski definition) is 1. The van der Waals surface area contributed by atoms with Crippen LogP contribution in [0.25, 0.3) is 5.69 Å². The van der Waals surface area contributed by atoms with Gasteiger partial charge in [-0.2, -0.15) is 0 Å². The molecule has 38 heavy (non-hydrogen) atoms. The molecule has 0 aliphatic carbocycles. The Labute approximate surface area is 226 Å². The molecule has 6 heteroatoms. The monoisotopic (exact) mass is 512 g/mol. The molecule has 2 aliphatic heterocycles. The smallest absolute Gasteiger partial charge is 0.321 e. The summed E-state index contributed by atoms with van der Waals surface area (Å²) in [6.45, 7) is 9.51. The van der Waals surface area contributed by atoms with E-state index in [9.17, 15) is 9.59 Å². The quantitative estimate of drug-likeness (QED) is 0.399. The van der Waals surface area contributed by atoms with E-state index in [4.69, 9.17) is 0 Å². The van der Waals surface area contributed by atoms with Crippen molar-refractivity contribution in [3.63, 3.8) is 0 Å². The number of nitrogens with zero attached hydrogens (tertiary/aromatic N) is 3. The minimum Gasteiger partial charge on any atom is -0.339 e. The molecule has 200 valence electrons. The summed E-state index contributed by atoms with van der Waals surface area (Å²) in [7, 11) is 0. The van der Waals surface area contributed by atoms with E-state index in [0.29, 0.717) is 5.92 Å². The van der Waals surface area contributed by atoms with Crippen LogP contribution in [0.1, 0.15) is 73.9 Å². The Morgan fingerprint density at radius 2 is 1.58 bits per heavy atom. The summed E-state index contributed by atoms with van der Waals surface area (Å²) in [5.74, 6) is 0.432. The maximum absolute atomic E-state index is 13.5. The second kappa shape index (κ2) is 11.1. The zero-order valence-corrected chi connectivity index (χ0v) is 23.0. The third-order valence-corrected chi connectivity index (χ3v) is 8.41. The first-order valence-corrected chi connectivity index (χ1v) is 14.1. The average molecular weight is 513 g/mol. The van der Waals surface area contributed by atoms with Gasteiger partial charge in [0, 0.05) is 44.3 Å². The zero-order chi connectivity index (χ0) is 26.7. The summed E-state index contributed by atoms with van der Waals surface area (Å²) in [6, 6.07) is 18.1. The highest BCUT2D eigenvalue weighted by Crippen LogP contribution is 2.41. The van der Waals surface area contributed by atoms with Gasteiger partial charge in [-0.15, -0.1) is 0 Å². The molecule has 0 bridgehead atoms. The second-order valence-corrected chi connectivity index (χ2v) is 11.3. The number of hydrogen-bond acceptors (Lipinski definition) is 2. The molecular formula is C32H40N4O2. The van der Waals surface area contributed by atoms with Crippen molar-refractivity contribution in [3.05, 3.63) is 83.7 Å². The molecule has 0 atom stereocenters. The summed E-state index contributed by atoms with van der Waals surface area (Å²) in [4.78, 5) is 30.9. The lowest BCUT2D eigenvalue weighted by molar-refractivity contribution is 0.0595. The van der Waals surface area contributed by atoms with Gasteiger partial charge in [-0.25, -0.2) is 4.79 Å². The molecule has 2 aromatic carbocycles. The zero-order valence-electron chi connectivity index (χ0n) is 23.0. The number of aryl methyl sites for hydroxylation is 1. The molecule has 1 aromatic heterocycles. The molecule has 1 N–H and O–H groups in total. The SMILES string of the molecule is CCCc1cccc(C(C)C)c1NC(=O)N1CCC2(CCN(C(=O)c3ccccc3-n3cccc3)CC2)C1. The molecule has 3 aromatic rings. The van der Waals surface area contributed by atoms with E-state index in [1.165, 1.54) is 11.1 Å². The van der Waals surface area contributed by atoms with Crippen molar-refractivity contribution in [3.8, 4) is 5.69 Å². The van der Waals surface area contributed by atoms with Gasteiger partial charge in [0.2, 0.25) is 0 Å². The van der Waals surface area contributed by atoms with E-state index in [1.54, 1.807) is 0 Å². The number of rotatable bonds is 6. The first-order valence-electron chi connectivity index (χ1n) is 14.1. The third-order valence-electron chi connectivity index (χ3n) is 8.41. The summed E-state index contributed by atoms with van der Waals surface area (Å²) in [6.07, 6.45) is 8.80. The Hall–Kier alpha value is -3.54. The minimum absolute atomic E-state index is 0.00600. The van der Waals surface area contributed by atoms with Crippen LogP contribution in [-0.4, -0.2) is 52.5 Å². The van der Waals surface area contributed by atoms with E-state index in [1.807, 2.05) is 63.2 Å². The fraction of sp³-hybridized carbons (Fsp3) is 0.438. The van der Waals surface area contributed by atoms with Crippen LogP contribution >= 0.6 is 0 Å². The Morgan fingerprint density at radius 1 is 0.895 bits per heavy atom. The third kappa shape index (κ3) is 5.22. The van der Waals surface area contributed by atoms with Crippen molar-refractivity contribution in [1.82, 2.24) is 14.4 Å². The van der Waals surface area contributed by atoms with Crippen LogP contribution in [0.15, 0.2) is 67.0 Å². The lowest BCUT2D eigenvalue weighted by Crippen LogP contribution is -2.45. The van der Waals surface area contributed by atoms with Gasteiger partial charge in [-0.1, -0.05) is 57.5 Å². The molecule has 6 nitrogen and oxygen atoms in total. The number of likely N-dealkylation sites (tertiary alicyclic amines) is 2. The van der Waals surface area contributed by atoms with Crippen molar-refractivity contribution in [1.29, 1.82) is 0 Å². The Bertz CT molecular complexity index is 1270. The highest BCUT2D eigenvalue weighted by Gasteiger charge is 2.43. The molecule has 0 unspecified atom stereocenters. The lowest BCUT2D eigenvalue weighted by atomic mass is 9.77. The molecule has 3 amide bonds. The predicted octanol–water partition coefficient (Wildman–Crippen LogP) is 6.71. The highest BCUT2D eigenvalue weighted by molar-refractivity contribution is 5.98. The number of carbonyl (C=O) groups excluding carboxylic acids is 2. The summed E-state index contributed by atoms with van der Waals surface area (Å²) < 4.78 is 2.00. The molecule has 0 radical (unpaired) electrons. The molecule has 2 saturated heterocycles. The van der Waals surface area contributed by atoms with Gasteiger partial charge in [0.15, 0.2) is 0 Å². The van der Waals surface area contributed by atoms with Gasteiger partial charge in [0.25, 0.3) is 5.91 Å². The van der Waals surface area contributed by atoms with Gasteiger partial charge in [0.1, 0.15) is 0 Å². The summed E-state index contributed by atoms with van der Waals surface area (Å²) >= 11 is 0. The highest BCUT2D eigenvalue weighted by atomic mass is 16.2. The van der Waals surface area contributed by atoms with Crippen LogP contribution in [0, 0.1) is 5.41 Å². The Balaban J connectivity index is 1.23. The van der Waals surface area contributed by atoms with Gasteiger partial charge < -0.3 is 19.7 Å². The minimum atomic E-state index is 0.00600. The second-order valence-electron chi connectivity index (χ2n) is 11.3. The first-order chi connectivity index (χ1) is 18.4. The van der Waals surface area contributed by atoms with E-state index in [-0.39, 0.29) is 17.4 Å². The van der Waals surface area contributed by atoms with E-state index in [0.717, 1.165) is 75.2 Å². The van der Waals surface area contributed by atoms with Crippen molar-refractivity contribution in [2.24, 2.45) is 5.41 Å². The van der Waals surface area contributed by atoms with Crippen molar-refractivity contribution >= 4 is 17.6 Å². The molecule has 1 spiro atoms. The van der Waals surface area contributed by atoms with E-state index < -0.39 is 0 Å². The van der Waals surface area contributed by atoms with Gasteiger partial charge in [-0.05, 0) is 72.4 Å². The number of urea groups is 1. The van der Waals surface area contributed by atoms with Crippen molar-refractivity contribution < 1.29 is 9.59 Å². The number of anilines is 1. The molecule has 5 rings (SSSR count). The van der Waals surface area contributed by atoms with Crippen LogP contribution in [0.5, 0.6) is 0 Å². The maximum Gasteiger partial charge on any atom is 0.321 e. The maximum atomic E-state index is 13.5. The molecule has 3 heterocycles. The number of amides is 3. The fourth-order valence-corrected chi connectivity index (χ4v) is 6.16. The molecule has 2 aliphatic rings. The van der Waals surface area contributed by atoms with Crippen molar-refractivity contribution in [2.45, 2.75) is 58.8 Å². The Kier molecular flexibility index (Phi) is 7.59. The number of aromatic nitrogens is 1. The first kappa shape index (κ1) is 26.1. The van der Waals surface area contributed by atoms with Gasteiger partial charge in [-0.3, -0.25) is 4.79 Å². The fourth-order valence-electron chi connectivity index (χ4n) is 6.16. The topological polar surface area (TPSA) is 57.6 Å². The molecular weight excluding hydrogens is 472 g/mol. The van der Waals surface area contributed by atoms with Crippen LogP contribution in [0.2, 0.25) is 0 Å². The normalized spacial score (nSPS) is 16.8. The predicted molar refractivity (Wildman–Crippen MR) is 153 cm³/mol. The van der Waals surface area contributed by atoms with Crippen LogP contribution in [-0.2, 0) is 6.42 Å². The van der Waals surface area contributed by atoms with Crippen molar-refractivity contribution in [2.75, 3.05) is 31.5 Å². The van der Waals surface area contributed by atoms with Gasteiger partial charge >= 0.3 is 6.03 Å².